The van der Waals surface area contributed by atoms with E-state index < -0.39 is 0 Å². The Morgan fingerprint density at radius 1 is 1.14 bits per heavy atom. The van der Waals surface area contributed by atoms with Gasteiger partial charge in [-0.05, 0) is 75.3 Å². The van der Waals surface area contributed by atoms with Crippen molar-refractivity contribution in [1.29, 1.82) is 0 Å². The molecule has 0 saturated carbocycles. The van der Waals surface area contributed by atoms with Gasteiger partial charge in [0.05, 0.1) is 10.2 Å². The number of amides is 1. The number of nitrogens with zero attached hydrogens (tertiary/aromatic N) is 3. The Kier molecular flexibility index (Phi) is 7.51. The lowest BCUT2D eigenvalue weighted by Gasteiger charge is -2.21. The molecule has 2 aromatic carbocycles. The standard InChI is InChI=1S/C21H24BrN3OS2/c1-4-27-17-9-6-15(7-10-17)20(26)25(13-5-12-24(2)3)21-23-18-11-8-16(22)14-19(18)28-21/h6-11,14H,4-5,12-13H2,1-3H3. The van der Waals surface area contributed by atoms with Gasteiger partial charge in [0, 0.05) is 21.5 Å². The van der Waals surface area contributed by atoms with E-state index in [-0.39, 0.29) is 5.91 Å². The molecule has 0 bridgehead atoms. The normalized spacial score (nSPS) is 11.3. The second-order valence-electron chi connectivity index (χ2n) is 6.68. The lowest BCUT2D eigenvalue weighted by Crippen LogP contribution is -2.33. The largest absolute Gasteiger partial charge is 0.309 e. The number of thiazole rings is 1. The minimum Gasteiger partial charge on any atom is -0.309 e. The van der Waals surface area contributed by atoms with Crippen LogP contribution in [0.3, 0.4) is 0 Å². The van der Waals surface area contributed by atoms with E-state index >= 15 is 0 Å². The molecule has 0 N–H and O–H groups in total. The topological polar surface area (TPSA) is 36.4 Å². The van der Waals surface area contributed by atoms with Gasteiger partial charge in [0.15, 0.2) is 5.13 Å². The zero-order valence-electron chi connectivity index (χ0n) is 16.3. The third-order valence-corrected chi connectivity index (χ3v) is 6.64. The fourth-order valence-electron chi connectivity index (χ4n) is 2.85. The quantitative estimate of drug-likeness (QED) is 0.385. The molecule has 0 fully saturated rings. The molecule has 28 heavy (non-hydrogen) atoms. The molecule has 0 unspecified atom stereocenters. The van der Waals surface area contributed by atoms with Crippen molar-refractivity contribution in [2.24, 2.45) is 0 Å². The molecule has 4 nitrogen and oxygen atoms in total. The van der Waals surface area contributed by atoms with Crippen LogP contribution in [0, 0.1) is 0 Å². The molecular weight excluding hydrogens is 454 g/mol. The number of thioether (sulfide) groups is 1. The second kappa shape index (κ2) is 9.87. The van der Waals surface area contributed by atoms with Gasteiger partial charge in [0.2, 0.25) is 0 Å². The molecular formula is C21H24BrN3OS2. The molecule has 7 heteroatoms. The van der Waals surface area contributed by atoms with E-state index in [4.69, 9.17) is 4.98 Å². The number of fused-ring (bicyclic) bond motifs is 1. The third-order valence-electron chi connectivity index (χ3n) is 4.21. The first-order chi connectivity index (χ1) is 13.5. The van der Waals surface area contributed by atoms with Crippen LogP contribution in [0.15, 0.2) is 51.8 Å². The van der Waals surface area contributed by atoms with Crippen molar-refractivity contribution in [2.45, 2.75) is 18.2 Å². The monoisotopic (exact) mass is 477 g/mol. The first-order valence-electron chi connectivity index (χ1n) is 9.23. The third kappa shape index (κ3) is 5.35. The maximum atomic E-state index is 13.3. The molecule has 1 heterocycles. The Balaban J connectivity index is 1.89. The van der Waals surface area contributed by atoms with E-state index in [0.717, 1.165) is 38.5 Å². The first kappa shape index (κ1) is 21.3. The Morgan fingerprint density at radius 2 is 1.89 bits per heavy atom. The van der Waals surface area contributed by atoms with Crippen LogP contribution >= 0.6 is 39.0 Å². The Morgan fingerprint density at radius 3 is 2.57 bits per heavy atom. The zero-order chi connectivity index (χ0) is 20.1. The maximum absolute atomic E-state index is 13.3. The second-order valence-corrected chi connectivity index (χ2v) is 9.94. The Labute approximate surface area is 183 Å². The van der Waals surface area contributed by atoms with Crippen molar-refractivity contribution in [1.82, 2.24) is 9.88 Å². The molecule has 0 saturated heterocycles. The summed E-state index contributed by atoms with van der Waals surface area (Å²) in [5.74, 6) is 1.02. The minimum atomic E-state index is 0.00456. The number of carbonyl (C=O) groups excluding carboxylic acids is 1. The van der Waals surface area contributed by atoms with E-state index in [2.05, 4.69) is 33.8 Å². The first-order valence-corrected chi connectivity index (χ1v) is 11.8. The van der Waals surface area contributed by atoms with E-state index in [1.165, 1.54) is 4.90 Å². The number of anilines is 1. The van der Waals surface area contributed by atoms with Crippen LogP contribution in [0.1, 0.15) is 23.7 Å². The summed E-state index contributed by atoms with van der Waals surface area (Å²) in [6.07, 6.45) is 0.891. The van der Waals surface area contributed by atoms with Crippen molar-refractivity contribution in [3.63, 3.8) is 0 Å². The summed E-state index contributed by atoms with van der Waals surface area (Å²) in [5.41, 5.74) is 1.62. The van der Waals surface area contributed by atoms with Crippen LogP contribution in [0.4, 0.5) is 5.13 Å². The summed E-state index contributed by atoms with van der Waals surface area (Å²) in [4.78, 5) is 23.2. The van der Waals surface area contributed by atoms with Crippen molar-refractivity contribution < 1.29 is 4.79 Å². The highest BCUT2D eigenvalue weighted by Gasteiger charge is 2.21. The Hall–Kier alpha value is -1.41. The number of carbonyl (C=O) groups is 1. The van der Waals surface area contributed by atoms with Gasteiger partial charge >= 0.3 is 0 Å². The molecule has 0 radical (unpaired) electrons. The molecule has 1 amide bonds. The number of hydrogen-bond donors (Lipinski definition) is 0. The molecule has 0 aliphatic rings. The average molecular weight is 478 g/mol. The number of rotatable bonds is 8. The SMILES string of the molecule is CCSc1ccc(C(=O)N(CCCN(C)C)c2nc3ccc(Br)cc3s2)cc1. The molecule has 1 aromatic heterocycles. The average Bonchev–Trinajstić information content (AvgIpc) is 3.08. The number of benzene rings is 2. The minimum absolute atomic E-state index is 0.00456. The van der Waals surface area contributed by atoms with E-state index in [0.29, 0.717) is 12.1 Å². The van der Waals surface area contributed by atoms with E-state index in [1.807, 2.05) is 55.4 Å². The fraction of sp³-hybridized carbons (Fsp3) is 0.333. The highest BCUT2D eigenvalue weighted by Crippen LogP contribution is 2.32. The van der Waals surface area contributed by atoms with E-state index in [1.54, 1.807) is 23.1 Å². The van der Waals surface area contributed by atoms with Gasteiger partial charge < -0.3 is 4.90 Å². The van der Waals surface area contributed by atoms with Gasteiger partial charge in [-0.15, -0.1) is 11.8 Å². The van der Waals surface area contributed by atoms with E-state index in [9.17, 15) is 4.79 Å². The summed E-state index contributed by atoms with van der Waals surface area (Å²) < 4.78 is 2.09. The van der Waals surface area contributed by atoms with Crippen LogP contribution in [-0.4, -0.2) is 48.7 Å². The van der Waals surface area contributed by atoms with Gasteiger partial charge in [-0.2, -0.15) is 0 Å². The number of aromatic nitrogens is 1. The van der Waals surface area contributed by atoms with Crippen LogP contribution in [0.2, 0.25) is 0 Å². The number of halogens is 1. The van der Waals surface area contributed by atoms with Gasteiger partial charge in [-0.3, -0.25) is 9.69 Å². The molecule has 0 aliphatic heterocycles. The fourth-order valence-corrected chi connectivity index (χ4v) is 5.05. The molecule has 0 aliphatic carbocycles. The lowest BCUT2D eigenvalue weighted by atomic mass is 10.2. The predicted octanol–water partition coefficient (Wildman–Crippen LogP) is 5.77. The summed E-state index contributed by atoms with van der Waals surface area (Å²) in [6, 6.07) is 13.9. The van der Waals surface area contributed by atoms with Crippen molar-refractivity contribution in [3.8, 4) is 0 Å². The van der Waals surface area contributed by atoms with Crippen molar-refractivity contribution in [2.75, 3.05) is 37.8 Å². The summed E-state index contributed by atoms with van der Waals surface area (Å²) in [5, 5.41) is 0.754. The molecule has 148 valence electrons. The van der Waals surface area contributed by atoms with Crippen molar-refractivity contribution >= 4 is 60.3 Å². The predicted molar refractivity (Wildman–Crippen MR) is 125 cm³/mol. The maximum Gasteiger partial charge on any atom is 0.260 e. The van der Waals surface area contributed by atoms with Crippen molar-refractivity contribution in [3.05, 3.63) is 52.5 Å². The van der Waals surface area contributed by atoms with Crippen LogP contribution in [0.25, 0.3) is 10.2 Å². The molecule has 3 aromatic rings. The number of hydrogen-bond acceptors (Lipinski definition) is 5. The van der Waals surface area contributed by atoms with Crippen LogP contribution in [0.5, 0.6) is 0 Å². The summed E-state index contributed by atoms with van der Waals surface area (Å²) in [6.45, 7) is 3.69. The summed E-state index contributed by atoms with van der Waals surface area (Å²) in [7, 11) is 4.09. The molecule has 0 atom stereocenters. The van der Waals surface area contributed by atoms with Gasteiger partial charge in [-0.25, -0.2) is 4.98 Å². The highest BCUT2D eigenvalue weighted by molar-refractivity contribution is 9.10. The smallest absolute Gasteiger partial charge is 0.260 e. The van der Waals surface area contributed by atoms with Gasteiger partial charge in [-0.1, -0.05) is 34.2 Å². The molecule has 0 spiro atoms. The van der Waals surface area contributed by atoms with Crippen LogP contribution in [-0.2, 0) is 0 Å². The summed E-state index contributed by atoms with van der Waals surface area (Å²) >= 11 is 6.85. The van der Waals surface area contributed by atoms with Crippen LogP contribution < -0.4 is 4.90 Å². The lowest BCUT2D eigenvalue weighted by molar-refractivity contribution is 0.0986. The van der Waals surface area contributed by atoms with Gasteiger partial charge in [0.25, 0.3) is 5.91 Å². The zero-order valence-corrected chi connectivity index (χ0v) is 19.5. The van der Waals surface area contributed by atoms with Gasteiger partial charge in [0.1, 0.15) is 0 Å². The highest BCUT2D eigenvalue weighted by atomic mass is 79.9. The Bertz CT molecular complexity index is 940. The molecule has 3 rings (SSSR count).